The van der Waals surface area contributed by atoms with Crippen LogP contribution in [0.1, 0.15) is 11.1 Å². The molecule has 400 valence electrons. The van der Waals surface area contributed by atoms with Gasteiger partial charge in [0.1, 0.15) is 41.0 Å². The predicted octanol–water partition coefficient (Wildman–Crippen LogP) is 14.9. The van der Waals surface area contributed by atoms with Gasteiger partial charge >= 0.3 is 26.2 Å². The molecule has 2 aliphatic carbocycles. The first-order valence-electron chi connectivity index (χ1n) is 23.1. The van der Waals surface area contributed by atoms with Crippen LogP contribution < -0.4 is 16.4 Å². The van der Waals surface area contributed by atoms with Crippen LogP contribution in [0.3, 0.4) is 0 Å². The van der Waals surface area contributed by atoms with Crippen LogP contribution in [0.15, 0.2) is 60.7 Å². The Labute approximate surface area is 455 Å². The van der Waals surface area contributed by atoms with Gasteiger partial charge in [-0.3, -0.25) is 0 Å². The molecule has 0 aromatic heterocycles. The van der Waals surface area contributed by atoms with E-state index < -0.39 is 154 Å². The van der Waals surface area contributed by atoms with Gasteiger partial charge in [0.15, 0.2) is 52.4 Å². The van der Waals surface area contributed by atoms with Gasteiger partial charge in [0.2, 0.25) is 0 Å². The Kier molecular flexibility index (Phi) is 22.6. The molecule has 0 nitrogen and oxygen atoms in total. The molecule has 5 aromatic carbocycles. The van der Waals surface area contributed by atoms with Crippen LogP contribution >= 0.6 is 0 Å². The molecular weight excluding hydrogens is 1150 g/mol. The fourth-order valence-electron chi connectivity index (χ4n) is 8.10. The first-order valence-corrected chi connectivity index (χ1v) is 37.1. The van der Waals surface area contributed by atoms with E-state index in [1.807, 2.05) is 30.3 Å². The summed E-state index contributed by atoms with van der Waals surface area (Å²) in [5, 5.41) is 0. The summed E-state index contributed by atoms with van der Waals surface area (Å²) in [5.41, 5.74) is -0.957. The van der Waals surface area contributed by atoms with E-state index in [1.165, 1.54) is 6.07 Å². The van der Waals surface area contributed by atoms with Crippen molar-refractivity contribution in [3.8, 4) is 0 Å². The molecule has 5 aromatic rings. The van der Waals surface area contributed by atoms with Crippen molar-refractivity contribution < 1.29 is 92.1 Å². The van der Waals surface area contributed by atoms with Crippen molar-refractivity contribution in [2.75, 3.05) is 0 Å². The summed E-state index contributed by atoms with van der Waals surface area (Å²) in [5.74, 6) is -45.2. The van der Waals surface area contributed by atoms with E-state index in [0.717, 1.165) is 29.8 Å². The molecule has 10 radical (unpaired) electrons. The van der Waals surface area contributed by atoms with Gasteiger partial charge in [-0.1, -0.05) is 121 Å². The topological polar surface area (TPSA) is 0 Å². The molecule has 0 atom stereocenters. The molecule has 7 rings (SSSR count). The van der Waals surface area contributed by atoms with Crippen LogP contribution in [-0.4, -0.2) is 38.4 Å². The van der Waals surface area contributed by atoms with E-state index in [4.69, 9.17) is 0 Å². The first-order chi connectivity index (χ1) is 33.9. The normalized spacial score (nSPS) is 15.1. The Morgan fingerprint density at radius 2 is 0.520 bits per heavy atom. The number of hydrogen-bond donors (Lipinski definition) is 0. The monoisotopic (exact) mass is 1200 g/mol. The quantitative estimate of drug-likeness (QED) is 0.0454. The van der Waals surface area contributed by atoms with E-state index in [2.05, 4.69) is 124 Å². The number of hydrogen-bond acceptors (Lipinski definition) is 0. The van der Waals surface area contributed by atoms with Gasteiger partial charge in [0.05, 0.1) is 32.3 Å². The zero-order valence-corrected chi connectivity index (χ0v) is 49.9. The predicted molar refractivity (Wildman–Crippen MR) is 277 cm³/mol. The van der Waals surface area contributed by atoms with Gasteiger partial charge in [0.25, 0.3) is 0 Å². The van der Waals surface area contributed by atoms with Gasteiger partial charge in [-0.05, 0) is 60.7 Å². The molecule has 0 unspecified atom stereocenters. The van der Waals surface area contributed by atoms with E-state index >= 15 is 26.3 Å². The van der Waals surface area contributed by atoms with Crippen LogP contribution in [0.2, 0.25) is 78.6 Å². The molecule has 0 spiro atoms. The maximum Gasteiger partial charge on any atom is 2.00 e. The van der Waals surface area contributed by atoms with Crippen LogP contribution in [0.5, 0.6) is 0 Å². The Hall–Kier alpha value is -3.26. The van der Waals surface area contributed by atoms with E-state index in [1.54, 1.807) is 22.2 Å². The smallest absolute Gasteiger partial charge is 0.207 e. The van der Waals surface area contributed by atoms with Crippen LogP contribution in [-0.2, 0) is 32.5 Å². The molecule has 0 saturated heterocycles. The van der Waals surface area contributed by atoms with Crippen molar-refractivity contribution in [1.82, 2.24) is 0 Å². The number of benzene rings is 5. The third-order valence-electron chi connectivity index (χ3n) is 12.4. The second kappa shape index (κ2) is 25.7. The Morgan fingerprint density at radius 3 is 0.693 bits per heavy atom. The SMILES string of the molecule is C[Si](C)(C)[C]1[CH][CH][C]([Si](C)(C)C)[CH]1.C[Si](C)(C)[C]1[CH][CH][C]([Si](C)(C)C)[CH]1.Fc1c(F)c(F)c([B-](Cc2ccccc2)(c2c(F)c(F)c(F)c(F)c2F)c2c(F)c(F)c(F)c(F)c2F)c(F)c1F.[CH2-]c1ccccc1.[Zr+2]. The van der Waals surface area contributed by atoms with Gasteiger partial charge in [-0.25, -0.2) is 65.9 Å². The average molecular weight is 1200 g/mol. The minimum Gasteiger partial charge on any atom is -0.207 e. The van der Waals surface area contributed by atoms with E-state index in [9.17, 15) is 39.5 Å². The summed E-state index contributed by atoms with van der Waals surface area (Å²) in [4.78, 5) is 0. The molecule has 2 aliphatic rings. The molecular formula is C54H56BF15Si4Zr. The Morgan fingerprint density at radius 1 is 0.320 bits per heavy atom. The van der Waals surface area contributed by atoms with Crippen molar-refractivity contribution in [1.29, 1.82) is 0 Å². The van der Waals surface area contributed by atoms with Gasteiger partial charge in [-0.15, -0.1) is 34.8 Å². The maximum atomic E-state index is 15.3. The Balaban J connectivity index is 0.000000350. The molecule has 0 amide bonds. The summed E-state index contributed by atoms with van der Waals surface area (Å²) < 4.78 is 220. The second-order valence-corrected chi connectivity index (χ2v) is 42.3. The molecule has 0 heterocycles. The van der Waals surface area contributed by atoms with Crippen LogP contribution in [0.25, 0.3) is 0 Å². The molecule has 2 fully saturated rings. The van der Waals surface area contributed by atoms with Crippen molar-refractivity contribution in [3.63, 3.8) is 0 Å². The largest absolute Gasteiger partial charge is 2.00 e. The minimum atomic E-state index is -5.59. The molecule has 0 N–H and O–H groups in total. The van der Waals surface area contributed by atoms with Crippen molar-refractivity contribution in [3.05, 3.63) is 227 Å². The molecule has 21 heteroatoms. The summed E-state index contributed by atoms with van der Waals surface area (Å²) in [6, 6.07) is 14.8. The summed E-state index contributed by atoms with van der Waals surface area (Å²) in [6.07, 6.45) is 6.88. The standard InChI is InChI=1S/C25H7BF15.2C11H21Si2.C7H7.Zr/c27-11-8(12(28)18(34)23(39)17(11)33)26(6-7-4-2-1-3-5-7,9-13(29)19(35)24(40)20(36)14(9)30)10-15(31)21(37)25(41)22(38)16(10)32;2*1-12(2,3)10-7-8-11(9-10)13(4,5)6;1-7-5-3-2-4-6-7;/h1-5H,6H2;2*7-9H,1-6H3;2-6H,1H2;/q-1;;;-1;+2. The van der Waals surface area contributed by atoms with E-state index in [0.29, 0.717) is 0 Å². The molecule has 75 heavy (non-hydrogen) atoms. The van der Waals surface area contributed by atoms with Gasteiger partial charge < -0.3 is 0 Å². The fourth-order valence-corrected chi connectivity index (χ4v) is 13.1. The van der Waals surface area contributed by atoms with E-state index in [-0.39, 0.29) is 26.2 Å². The first kappa shape index (κ1) is 66.0. The summed E-state index contributed by atoms with van der Waals surface area (Å²) in [6.45, 7) is 32.7. The second-order valence-electron chi connectivity index (χ2n) is 21.9. The third kappa shape index (κ3) is 14.9. The summed E-state index contributed by atoms with van der Waals surface area (Å²) >= 11 is 0. The molecule has 0 aliphatic heterocycles. The van der Waals surface area contributed by atoms with Crippen molar-refractivity contribution >= 4 is 54.8 Å². The van der Waals surface area contributed by atoms with Gasteiger partial charge in [-0.2, -0.15) is 24.6 Å². The molecule has 2 saturated carbocycles. The Bertz CT molecular complexity index is 2420. The van der Waals surface area contributed by atoms with Crippen LogP contribution in [0, 0.1) is 155 Å². The zero-order chi connectivity index (χ0) is 56.4. The van der Waals surface area contributed by atoms with Gasteiger partial charge in [0, 0.05) is 0 Å². The van der Waals surface area contributed by atoms with Crippen LogP contribution in [0.4, 0.5) is 65.9 Å². The van der Waals surface area contributed by atoms with Crippen molar-refractivity contribution in [2.24, 2.45) is 0 Å². The minimum absolute atomic E-state index is 0. The average Bonchev–Trinajstić information content (AvgIpc) is 4.05. The number of rotatable bonds is 9. The zero-order valence-electron chi connectivity index (χ0n) is 43.4. The molecule has 0 bridgehead atoms. The number of halogens is 15. The third-order valence-corrected chi connectivity index (χ3v) is 20.6. The summed E-state index contributed by atoms with van der Waals surface area (Å²) in [7, 11) is -4.28. The van der Waals surface area contributed by atoms with Crippen molar-refractivity contribution in [2.45, 2.75) is 84.9 Å². The maximum absolute atomic E-state index is 15.3. The fraction of sp³-hybridized carbons (Fsp3) is 0.241.